The summed E-state index contributed by atoms with van der Waals surface area (Å²) >= 11 is 0. The average molecular weight is 401 g/mol. The fourth-order valence-corrected chi connectivity index (χ4v) is 7.10. The van der Waals surface area contributed by atoms with Crippen molar-refractivity contribution in [2.24, 2.45) is 0 Å². The van der Waals surface area contributed by atoms with Gasteiger partial charge < -0.3 is 5.32 Å². The molecule has 0 unspecified atom stereocenters. The Balaban J connectivity index is 1.72. The maximum absolute atomic E-state index is 12.6. The van der Waals surface area contributed by atoms with Gasteiger partial charge in [0.1, 0.15) is 0 Å². The number of rotatable bonds is 4. The summed E-state index contributed by atoms with van der Waals surface area (Å²) in [6, 6.07) is 5.82. The summed E-state index contributed by atoms with van der Waals surface area (Å²) in [5.74, 6) is -0.407. The number of carbonyl (C=O) groups excluding carboxylic acids is 1. The van der Waals surface area contributed by atoms with Gasteiger partial charge in [-0.2, -0.15) is 4.31 Å². The maximum atomic E-state index is 12.6. The summed E-state index contributed by atoms with van der Waals surface area (Å²) < 4.78 is 50.0. The van der Waals surface area contributed by atoms with Gasteiger partial charge in [0.05, 0.1) is 21.9 Å². The van der Waals surface area contributed by atoms with Crippen LogP contribution in [0.5, 0.6) is 0 Å². The second-order valence-electron chi connectivity index (χ2n) is 7.35. The van der Waals surface area contributed by atoms with Crippen molar-refractivity contribution in [1.82, 2.24) is 9.62 Å². The van der Waals surface area contributed by atoms with E-state index >= 15 is 0 Å². The van der Waals surface area contributed by atoms with Gasteiger partial charge in [0.25, 0.3) is 5.91 Å². The van der Waals surface area contributed by atoms with Crippen LogP contribution in [0.15, 0.2) is 29.2 Å². The number of nitrogens with one attached hydrogen (secondary N) is 1. The van der Waals surface area contributed by atoms with E-state index in [1.54, 1.807) is 6.92 Å². The minimum absolute atomic E-state index is 0.0663. The van der Waals surface area contributed by atoms with Crippen molar-refractivity contribution in [3.05, 3.63) is 29.8 Å². The molecule has 1 aromatic rings. The number of carbonyl (C=O) groups is 1. The van der Waals surface area contributed by atoms with Gasteiger partial charge in [-0.1, -0.05) is 6.42 Å². The van der Waals surface area contributed by atoms with Gasteiger partial charge in [0.2, 0.25) is 10.0 Å². The third kappa shape index (κ3) is 4.10. The lowest BCUT2D eigenvalue weighted by molar-refractivity contribution is 0.0915. The third-order valence-electron chi connectivity index (χ3n) is 4.99. The van der Waals surface area contributed by atoms with Crippen LogP contribution in [0.3, 0.4) is 0 Å². The largest absolute Gasteiger partial charge is 0.346 e. The highest BCUT2D eigenvalue weighted by molar-refractivity contribution is 7.91. The Morgan fingerprint density at radius 1 is 1.12 bits per heavy atom. The number of hydrogen-bond acceptors (Lipinski definition) is 5. The molecular weight excluding hydrogens is 376 g/mol. The van der Waals surface area contributed by atoms with Crippen molar-refractivity contribution in [2.75, 3.05) is 24.6 Å². The van der Waals surface area contributed by atoms with Crippen LogP contribution in [-0.4, -0.2) is 57.2 Å². The Hall–Kier alpha value is -1.45. The molecule has 3 rings (SSSR count). The molecular formula is C17H24N2O5S2. The minimum atomic E-state index is -3.53. The van der Waals surface area contributed by atoms with Crippen molar-refractivity contribution in [3.63, 3.8) is 0 Å². The average Bonchev–Trinajstić information content (AvgIpc) is 2.88. The summed E-state index contributed by atoms with van der Waals surface area (Å²) in [5.41, 5.74) is -0.470. The maximum Gasteiger partial charge on any atom is 0.251 e. The van der Waals surface area contributed by atoms with E-state index in [4.69, 9.17) is 0 Å². The van der Waals surface area contributed by atoms with Crippen molar-refractivity contribution >= 4 is 25.8 Å². The zero-order valence-corrected chi connectivity index (χ0v) is 16.4. The molecule has 0 spiro atoms. The molecule has 9 heteroatoms. The minimum Gasteiger partial charge on any atom is -0.346 e. The quantitative estimate of drug-likeness (QED) is 0.818. The Bertz CT molecular complexity index is 888. The lowest BCUT2D eigenvalue weighted by atomic mass is 10.0. The number of piperidine rings is 1. The smallest absolute Gasteiger partial charge is 0.251 e. The van der Waals surface area contributed by atoms with Crippen molar-refractivity contribution < 1.29 is 21.6 Å². The van der Waals surface area contributed by atoms with Crippen LogP contribution >= 0.6 is 0 Å². The monoisotopic (exact) mass is 400 g/mol. The first-order chi connectivity index (χ1) is 12.1. The van der Waals surface area contributed by atoms with E-state index in [1.165, 1.54) is 28.6 Å². The van der Waals surface area contributed by atoms with E-state index < -0.39 is 31.3 Å². The van der Waals surface area contributed by atoms with E-state index in [9.17, 15) is 21.6 Å². The Morgan fingerprint density at radius 3 is 2.27 bits per heavy atom. The second kappa shape index (κ2) is 6.94. The molecule has 0 aromatic heterocycles. The number of benzene rings is 1. The van der Waals surface area contributed by atoms with Gasteiger partial charge in [0.15, 0.2) is 9.84 Å². The third-order valence-corrected chi connectivity index (χ3v) is 8.80. The van der Waals surface area contributed by atoms with E-state index in [0.717, 1.165) is 19.3 Å². The molecule has 1 N–H and O–H groups in total. The lowest BCUT2D eigenvalue weighted by Crippen LogP contribution is -2.46. The van der Waals surface area contributed by atoms with E-state index in [0.29, 0.717) is 25.1 Å². The van der Waals surface area contributed by atoms with E-state index in [1.807, 2.05) is 0 Å². The molecule has 2 saturated heterocycles. The highest BCUT2D eigenvalue weighted by Crippen LogP contribution is 2.24. The molecule has 1 atom stereocenters. The molecule has 2 aliphatic rings. The predicted molar refractivity (Wildman–Crippen MR) is 98.2 cm³/mol. The molecule has 0 aliphatic carbocycles. The summed E-state index contributed by atoms with van der Waals surface area (Å²) in [4.78, 5) is 12.6. The highest BCUT2D eigenvalue weighted by Gasteiger charge is 2.39. The molecule has 26 heavy (non-hydrogen) atoms. The Morgan fingerprint density at radius 2 is 1.73 bits per heavy atom. The van der Waals surface area contributed by atoms with Crippen LogP contribution < -0.4 is 5.32 Å². The first kappa shape index (κ1) is 19.3. The van der Waals surface area contributed by atoms with Gasteiger partial charge in [-0.3, -0.25) is 4.79 Å². The van der Waals surface area contributed by atoms with Crippen LogP contribution in [0.25, 0.3) is 0 Å². The number of sulfonamides is 1. The van der Waals surface area contributed by atoms with Gasteiger partial charge in [0, 0.05) is 18.7 Å². The van der Waals surface area contributed by atoms with Crippen LogP contribution in [0, 0.1) is 0 Å². The van der Waals surface area contributed by atoms with Gasteiger partial charge >= 0.3 is 0 Å². The highest BCUT2D eigenvalue weighted by atomic mass is 32.2. The molecule has 0 bridgehead atoms. The number of amides is 1. The van der Waals surface area contributed by atoms with Crippen molar-refractivity contribution in [2.45, 2.75) is 43.0 Å². The van der Waals surface area contributed by atoms with Crippen molar-refractivity contribution in [3.8, 4) is 0 Å². The molecule has 2 fully saturated rings. The first-order valence-electron chi connectivity index (χ1n) is 8.75. The Kier molecular flexibility index (Phi) is 5.15. The zero-order chi connectivity index (χ0) is 19.0. The summed E-state index contributed by atoms with van der Waals surface area (Å²) in [5, 5.41) is 2.77. The molecule has 2 aliphatic heterocycles. The normalized spacial score (nSPS) is 26.5. The standard InChI is InChI=1S/C17H24N2O5S2/c1-17(9-12-25(21,22)13-17)18-16(20)14-5-7-15(8-6-14)26(23,24)19-10-3-2-4-11-19/h5-8H,2-4,9-13H2,1H3,(H,18,20)/t17-/m0/s1. The Labute approximate surface area is 154 Å². The molecule has 144 valence electrons. The van der Waals surface area contributed by atoms with Crippen LogP contribution in [0.1, 0.15) is 43.0 Å². The number of sulfone groups is 1. The summed E-state index contributed by atoms with van der Waals surface area (Å²) in [6.07, 6.45) is 3.14. The molecule has 2 heterocycles. The molecule has 0 saturated carbocycles. The van der Waals surface area contributed by atoms with E-state index in [2.05, 4.69) is 5.32 Å². The van der Waals surface area contributed by atoms with Crippen LogP contribution in [0.2, 0.25) is 0 Å². The SMILES string of the molecule is C[C@]1(NC(=O)c2ccc(S(=O)(=O)N3CCCCC3)cc2)CCS(=O)(=O)C1. The fraction of sp³-hybridized carbons (Fsp3) is 0.588. The first-order valence-corrected chi connectivity index (χ1v) is 12.0. The molecule has 7 nitrogen and oxygen atoms in total. The fourth-order valence-electron chi connectivity index (χ4n) is 3.49. The molecule has 0 radical (unpaired) electrons. The summed E-state index contributed by atoms with van der Waals surface area (Å²) in [7, 11) is -6.65. The van der Waals surface area contributed by atoms with Crippen LogP contribution in [-0.2, 0) is 19.9 Å². The second-order valence-corrected chi connectivity index (χ2v) is 11.5. The lowest BCUT2D eigenvalue weighted by Gasteiger charge is -2.26. The van der Waals surface area contributed by atoms with Gasteiger partial charge in [-0.25, -0.2) is 16.8 Å². The number of hydrogen-bond donors (Lipinski definition) is 1. The topological polar surface area (TPSA) is 101 Å². The van der Waals surface area contributed by atoms with E-state index in [-0.39, 0.29) is 16.4 Å². The number of nitrogens with zero attached hydrogens (tertiary/aromatic N) is 1. The van der Waals surface area contributed by atoms with Gasteiger partial charge in [-0.05, 0) is 50.5 Å². The zero-order valence-electron chi connectivity index (χ0n) is 14.8. The summed E-state index contributed by atoms with van der Waals surface area (Å²) in [6.45, 7) is 2.76. The van der Waals surface area contributed by atoms with Gasteiger partial charge in [-0.15, -0.1) is 0 Å². The van der Waals surface area contributed by atoms with Crippen molar-refractivity contribution in [1.29, 1.82) is 0 Å². The van der Waals surface area contributed by atoms with Crippen LogP contribution in [0.4, 0.5) is 0 Å². The molecule has 1 aromatic carbocycles. The molecule has 1 amide bonds. The predicted octanol–water partition coefficient (Wildman–Crippen LogP) is 1.17.